The Morgan fingerprint density at radius 3 is 2.53 bits per heavy atom. The topological polar surface area (TPSA) is 29.1 Å². The molecule has 1 N–H and O–H groups in total. The van der Waals surface area contributed by atoms with Gasteiger partial charge in [-0.1, -0.05) is 19.1 Å². The third-order valence-corrected chi connectivity index (χ3v) is 3.26. The van der Waals surface area contributed by atoms with E-state index in [0.29, 0.717) is 13.0 Å². The summed E-state index contributed by atoms with van der Waals surface area (Å²) in [6.45, 7) is 2.72. The zero-order valence-electron chi connectivity index (χ0n) is 8.72. The summed E-state index contributed by atoms with van der Waals surface area (Å²) in [4.78, 5) is 11.3. The molecule has 1 aliphatic rings. The predicted octanol–water partition coefficient (Wildman–Crippen LogP) is 1.99. The minimum absolute atomic E-state index is 0.0844. The number of carbonyl (C=O) groups is 1. The summed E-state index contributed by atoms with van der Waals surface area (Å²) < 4.78 is 12.8. The SMILES string of the molecule is CCC1(c2ccc(F)cc2)CNC(=O)C1. The number of carbonyl (C=O) groups excluding carboxylic acids is 1. The van der Waals surface area contributed by atoms with Crippen LogP contribution < -0.4 is 5.32 Å². The molecule has 0 saturated carbocycles. The zero-order chi connectivity index (χ0) is 10.9. The van der Waals surface area contributed by atoms with Crippen molar-refractivity contribution in [1.82, 2.24) is 5.32 Å². The third-order valence-electron chi connectivity index (χ3n) is 3.26. The third kappa shape index (κ3) is 1.74. The molecular weight excluding hydrogens is 193 g/mol. The Balaban J connectivity index is 2.34. The molecule has 80 valence electrons. The van der Waals surface area contributed by atoms with Gasteiger partial charge in [0.1, 0.15) is 5.82 Å². The highest BCUT2D eigenvalue weighted by molar-refractivity contribution is 5.80. The van der Waals surface area contributed by atoms with Crippen LogP contribution in [0.5, 0.6) is 0 Å². The molecule has 1 saturated heterocycles. The van der Waals surface area contributed by atoms with Gasteiger partial charge in [0.05, 0.1) is 0 Å². The summed E-state index contributed by atoms with van der Waals surface area (Å²) in [5.74, 6) is -0.150. The highest BCUT2D eigenvalue weighted by atomic mass is 19.1. The van der Waals surface area contributed by atoms with Gasteiger partial charge in [-0.25, -0.2) is 4.39 Å². The number of hydrogen-bond acceptors (Lipinski definition) is 1. The fraction of sp³-hybridized carbons (Fsp3) is 0.417. The maximum atomic E-state index is 12.8. The lowest BCUT2D eigenvalue weighted by Gasteiger charge is -2.25. The van der Waals surface area contributed by atoms with Crippen molar-refractivity contribution < 1.29 is 9.18 Å². The Labute approximate surface area is 88.5 Å². The van der Waals surface area contributed by atoms with Gasteiger partial charge in [-0.2, -0.15) is 0 Å². The number of benzene rings is 1. The van der Waals surface area contributed by atoms with Crippen molar-refractivity contribution in [2.45, 2.75) is 25.2 Å². The molecule has 1 aromatic carbocycles. The summed E-state index contributed by atoms with van der Waals surface area (Å²) in [6, 6.07) is 6.46. The number of hydrogen-bond donors (Lipinski definition) is 1. The number of nitrogens with one attached hydrogen (secondary N) is 1. The molecular formula is C12H14FNO. The van der Waals surface area contributed by atoms with Gasteiger partial charge in [-0.15, -0.1) is 0 Å². The highest BCUT2D eigenvalue weighted by Gasteiger charge is 2.38. The summed E-state index contributed by atoms with van der Waals surface area (Å²) >= 11 is 0. The lowest BCUT2D eigenvalue weighted by Crippen LogP contribution is -2.27. The van der Waals surface area contributed by atoms with Gasteiger partial charge in [-0.3, -0.25) is 4.79 Å². The van der Waals surface area contributed by atoms with Crippen LogP contribution in [0.3, 0.4) is 0 Å². The quantitative estimate of drug-likeness (QED) is 0.789. The van der Waals surface area contributed by atoms with Crippen LogP contribution in [0.1, 0.15) is 25.3 Å². The van der Waals surface area contributed by atoms with Gasteiger partial charge in [0.15, 0.2) is 0 Å². The summed E-state index contributed by atoms with van der Waals surface area (Å²) in [5.41, 5.74) is 0.912. The van der Waals surface area contributed by atoms with E-state index in [1.807, 2.05) is 0 Å². The molecule has 1 unspecified atom stereocenters. The molecule has 15 heavy (non-hydrogen) atoms. The Bertz CT molecular complexity index is 374. The second-order valence-electron chi connectivity index (χ2n) is 4.09. The van der Waals surface area contributed by atoms with Crippen LogP contribution in [0, 0.1) is 5.82 Å². The molecule has 1 fully saturated rings. The Kier molecular flexibility index (Phi) is 2.47. The lowest BCUT2D eigenvalue weighted by atomic mass is 9.77. The Hall–Kier alpha value is -1.38. The minimum atomic E-state index is -0.234. The van der Waals surface area contributed by atoms with E-state index in [-0.39, 0.29) is 17.1 Å². The molecule has 0 aromatic heterocycles. The van der Waals surface area contributed by atoms with Crippen molar-refractivity contribution >= 4 is 5.91 Å². The van der Waals surface area contributed by atoms with E-state index in [1.165, 1.54) is 12.1 Å². The first kappa shape index (κ1) is 10.1. The van der Waals surface area contributed by atoms with Crippen LogP contribution in [0.25, 0.3) is 0 Å². The van der Waals surface area contributed by atoms with Crippen molar-refractivity contribution in [3.05, 3.63) is 35.6 Å². The van der Waals surface area contributed by atoms with E-state index in [9.17, 15) is 9.18 Å². The first-order valence-electron chi connectivity index (χ1n) is 5.19. The number of halogens is 1. The van der Waals surface area contributed by atoms with Crippen molar-refractivity contribution in [2.75, 3.05) is 6.54 Å². The minimum Gasteiger partial charge on any atom is -0.355 e. The number of amides is 1. The summed E-state index contributed by atoms with van der Waals surface area (Å²) in [6.07, 6.45) is 1.40. The molecule has 0 spiro atoms. The first-order valence-corrected chi connectivity index (χ1v) is 5.19. The predicted molar refractivity (Wildman–Crippen MR) is 56.0 cm³/mol. The summed E-state index contributed by atoms with van der Waals surface area (Å²) in [5, 5.41) is 2.84. The molecule has 1 aliphatic heterocycles. The van der Waals surface area contributed by atoms with E-state index in [2.05, 4.69) is 12.2 Å². The van der Waals surface area contributed by atoms with Crippen LogP contribution >= 0.6 is 0 Å². The van der Waals surface area contributed by atoms with E-state index in [0.717, 1.165) is 12.0 Å². The van der Waals surface area contributed by atoms with Gasteiger partial charge < -0.3 is 5.32 Å². The van der Waals surface area contributed by atoms with Gasteiger partial charge in [0.2, 0.25) is 5.91 Å². The highest BCUT2D eigenvalue weighted by Crippen LogP contribution is 2.34. The fourth-order valence-corrected chi connectivity index (χ4v) is 2.16. The molecule has 1 atom stereocenters. The molecule has 2 rings (SSSR count). The monoisotopic (exact) mass is 207 g/mol. The normalized spacial score (nSPS) is 25.3. The molecule has 0 aliphatic carbocycles. The van der Waals surface area contributed by atoms with E-state index in [4.69, 9.17) is 0 Å². The number of rotatable bonds is 2. The maximum Gasteiger partial charge on any atom is 0.220 e. The molecule has 2 nitrogen and oxygen atoms in total. The van der Waals surface area contributed by atoms with Gasteiger partial charge in [-0.05, 0) is 24.1 Å². The second-order valence-corrected chi connectivity index (χ2v) is 4.09. The first-order chi connectivity index (χ1) is 7.16. The zero-order valence-corrected chi connectivity index (χ0v) is 8.72. The lowest BCUT2D eigenvalue weighted by molar-refractivity contribution is -0.119. The van der Waals surface area contributed by atoms with Crippen LogP contribution in [0.15, 0.2) is 24.3 Å². The second kappa shape index (κ2) is 3.65. The maximum absolute atomic E-state index is 12.8. The van der Waals surface area contributed by atoms with Gasteiger partial charge in [0.25, 0.3) is 0 Å². The van der Waals surface area contributed by atoms with Gasteiger partial charge in [0, 0.05) is 18.4 Å². The van der Waals surface area contributed by atoms with E-state index < -0.39 is 0 Å². The van der Waals surface area contributed by atoms with E-state index >= 15 is 0 Å². The standard InChI is InChI=1S/C12H14FNO/c1-2-12(7-11(15)14-8-12)9-3-5-10(13)6-4-9/h3-6H,2,7-8H2,1H3,(H,14,15). The molecule has 1 amide bonds. The average molecular weight is 207 g/mol. The molecule has 1 heterocycles. The average Bonchev–Trinajstić information content (AvgIpc) is 2.62. The van der Waals surface area contributed by atoms with Crippen molar-refractivity contribution in [3.63, 3.8) is 0 Å². The molecule has 0 radical (unpaired) electrons. The largest absolute Gasteiger partial charge is 0.355 e. The molecule has 3 heteroatoms. The summed E-state index contributed by atoms with van der Waals surface area (Å²) in [7, 11) is 0. The van der Waals surface area contributed by atoms with Crippen LogP contribution in [-0.4, -0.2) is 12.5 Å². The smallest absolute Gasteiger partial charge is 0.220 e. The molecule has 0 bridgehead atoms. The van der Waals surface area contributed by atoms with Crippen LogP contribution in [0.4, 0.5) is 4.39 Å². The Morgan fingerprint density at radius 2 is 2.07 bits per heavy atom. The van der Waals surface area contributed by atoms with E-state index in [1.54, 1.807) is 12.1 Å². The Morgan fingerprint density at radius 1 is 1.40 bits per heavy atom. The van der Waals surface area contributed by atoms with Crippen molar-refractivity contribution in [3.8, 4) is 0 Å². The van der Waals surface area contributed by atoms with Crippen molar-refractivity contribution in [1.29, 1.82) is 0 Å². The van der Waals surface area contributed by atoms with Gasteiger partial charge >= 0.3 is 0 Å². The van der Waals surface area contributed by atoms with Crippen LogP contribution in [0.2, 0.25) is 0 Å². The van der Waals surface area contributed by atoms with Crippen molar-refractivity contribution in [2.24, 2.45) is 0 Å². The molecule has 1 aromatic rings. The van der Waals surface area contributed by atoms with Crippen LogP contribution in [-0.2, 0) is 10.2 Å². The fourth-order valence-electron chi connectivity index (χ4n) is 2.16.